The van der Waals surface area contributed by atoms with Gasteiger partial charge in [0.05, 0.1) is 25.6 Å². The second-order valence-corrected chi connectivity index (χ2v) is 7.74. The Labute approximate surface area is 184 Å². The largest absolute Gasteiger partial charge is 0.495 e. The zero-order valence-corrected chi connectivity index (χ0v) is 17.7. The summed E-state index contributed by atoms with van der Waals surface area (Å²) in [5.74, 6) is 0.642. The van der Waals surface area contributed by atoms with Gasteiger partial charge < -0.3 is 23.8 Å². The lowest BCUT2D eigenvalue weighted by molar-refractivity contribution is -0.117. The lowest BCUT2D eigenvalue weighted by Crippen LogP contribution is -2.50. The molecule has 1 saturated heterocycles. The van der Waals surface area contributed by atoms with E-state index in [4.69, 9.17) is 13.6 Å². The number of amides is 2. The van der Waals surface area contributed by atoms with E-state index in [1.165, 1.54) is 6.26 Å². The number of carbonyl (C=O) groups is 2. The van der Waals surface area contributed by atoms with Gasteiger partial charge >= 0.3 is 0 Å². The minimum atomic E-state index is -0.149. The van der Waals surface area contributed by atoms with E-state index in [1.54, 1.807) is 30.2 Å². The summed E-state index contributed by atoms with van der Waals surface area (Å²) in [5, 5.41) is 4.88. The summed E-state index contributed by atoms with van der Waals surface area (Å²) in [5.41, 5.74) is 2.04. The number of fused-ring (bicyclic) bond motifs is 3. The van der Waals surface area contributed by atoms with E-state index in [0.717, 1.165) is 16.4 Å². The lowest BCUT2D eigenvalue weighted by atomic mass is 10.1. The molecule has 1 fully saturated rings. The van der Waals surface area contributed by atoms with Gasteiger partial charge in [-0.05, 0) is 24.3 Å². The van der Waals surface area contributed by atoms with Crippen molar-refractivity contribution < 1.29 is 23.2 Å². The first kappa shape index (κ1) is 20.1. The Kier molecular flexibility index (Phi) is 5.28. The average Bonchev–Trinajstić information content (AvgIpc) is 3.46. The minimum absolute atomic E-state index is 0.122. The number of ether oxygens (including phenoxy) is 1. The molecule has 0 saturated carbocycles. The second kappa shape index (κ2) is 8.39. The molecule has 0 radical (unpaired) electrons. The molecule has 0 atom stereocenters. The fourth-order valence-electron chi connectivity index (χ4n) is 4.08. The van der Waals surface area contributed by atoms with Crippen molar-refractivity contribution in [3.8, 4) is 5.75 Å². The van der Waals surface area contributed by atoms with Crippen molar-refractivity contribution in [2.24, 2.45) is 0 Å². The molecule has 5 rings (SSSR count). The number of anilines is 1. The van der Waals surface area contributed by atoms with Gasteiger partial charge in [-0.25, -0.2) is 0 Å². The van der Waals surface area contributed by atoms with E-state index < -0.39 is 0 Å². The molecule has 0 aliphatic carbocycles. The molecule has 8 heteroatoms. The van der Waals surface area contributed by atoms with Crippen LogP contribution < -0.4 is 10.1 Å². The summed E-state index contributed by atoms with van der Waals surface area (Å²) >= 11 is 0. The summed E-state index contributed by atoms with van der Waals surface area (Å²) in [6.07, 6.45) is 1.49. The third-order valence-corrected chi connectivity index (χ3v) is 5.73. The molecule has 3 heterocycles. The molecule has 164 valence electrons. The van der Waals surface area contributed by atoms with Crippen LogP contribution in [0.3, 0.4) is 0 Å². The Bertz CT molecular complexity index is 1270. The normalized spacial score (nSPS) is 14.7. The van der Waals surface area contributed by atoms with Crippen LogP contribution in [0.2, 0.25) is 0 Å². The Hall–Kier alpha value is -3.78. The van der Waals surface area contributed by atoms with E-state index in [0.29, 0.717) is 49.0 Å². The number of methoxy groups -OCH3 is 1. The summed E-state index contributed by atoms with van der Waals surface area (Å²) in [6.45, 7) is 2.53. The molecule has 32 heavy (non-hydrogen) atoms. The summed E-state index contributed by atoms with van der Waals surface area (Å²) < 4.78 is 16.6. The number of rotatable bonds is 5. The van der Waals surface area contributed by atoms with E-state index in [1.807, 2.05) is 35.2 Å². The van der Waals surface area contributed by atoms with Crippen molar-refractivity contribution in [2.45, 2.75) is 0 Å². The van der Waals surface area contributed by atoms with Crippen LogP contribution in [-0.2, 0) is 4.79 Å². The number of carbonyl (C=O) groups excluding carboxylic acids is 2. The number of furan rings is 2. The topological polar surface area (TPSA) is 88.2 Å². The molecule has 8 nitrogen and oxygen atoms in total. The van der Waals surface area contributed by atoms with Crippen LogP contribution in [-0.4, -0.2) is 61.4 Å². The minimum Gasteiger partial charge on any atom is -0.495 e. The molecule has 1 N–H and O–H groups in total. The number of nitrogens with zero attached hydrogens (tertiary/aromatic N) is 2. The Morgan fingerprint density at radius 3 is 2.56 bits per heavy atom. The third kappa shape index (κ3) is 3.80. The Morgan fingerprint density at radius 2 is 1.81 bits per heavy atom. The molecule has 0 unspecified atom stereocenters. The maximum atomic E-state index is 12.7. The van der Waals surface area contributed by atoms with Gasteiger partial charge in [-0.2, -0.15) is 0 Å². The summed E-state index contributed by atoms with van der Waals surface area (Å²) in [4.78, 5) is 28.9. The van der Waals surface area contributed by atoms with Crippen LogP contribution in [0.5, 0.6) is 5.75 Å². The average molecular weight is 433 g/mol. The molecule has 2 aromatic heterocycles. The van der Waals surface area contributed by atoms with E-state index in [2.05, 4.69) is 5.32 Å². The summed E-state index contributed by atoms with van der Waals surface area (Å²) in [7, 11) is 1.58. The molecule has 1 aliphatic heterocycles. The van der Waals surface area contributed by atoms with Gasteiger partial charge in [0.1, 0.15) is 16.9 Å². The van der Waals surface area contributed by atoms with Crippen LogP contribution in [0.15, 0.2) is 63.6 Å². The number of piperazine rings is 1. The van der Waals surface area contributed by atoms with Gasteiger partial charge in [0.25, 0.3) is 5.91 Å². The van der Waals surface area contributed by atoms with Crippen LogP contribution >= 0.6 is 0 Å². The van der Waals surface area contributed by atoms with Crippen molar-refractivity contribution in [3.05, 3.63) is 60.6 Å². The first-order valence-electron chi connectivity index (χ1n) is 10.5. The highest BCUT2D eigenvalue weighted by Gasteiger charge is 2.25. The van der Waals surface area contributed by atoms with Crippen LogP contribution in [0.4, 0.5) is 5.69 Å². The number of hydrogen-bond donors (Lipinski definition) is 1. The molecule has 1 aliphatic rings. The van der Waals surface area contributed by atoms with Crippen molar-refractivity contribution in [1.29, 1.82) is 0 Å². The maximum absolute atomic E-state index is 12.7. The SMILES string of the molecule is COc1cc2c(cc1NC(=O)CN1CCN(C(=O)c3ccco3)CC1)oc1ccccc12. The maximum Gasteiger partial charge on any atom is 0.289 e. The quantitative estimate of drug-likeness (QED) is 0.518. The lowest BCUT2D eigenvalue weighted by Gasteiger charge is -2.33. The third-order valence-electron chi connectivity index (χ3n) is 5.73. The molecule has 0 spiro atoms. The number of nitrogens with one attached hydrogen (secondary N) is 1. The number of para-hydroxylation sites is 1. The number of benzene rings is 2. The predicted molar refractivity (Wildman–Crippen MR) is 120 cm³/mol. The van der Waals surface area contributed by atoms with Gasteiger partial charge in [0.2, 0.25) is 5.91 Å². The Morgan fingerprint density at radius 1 is 1.00 bits per heavy atom. The van der Waals surface area contributed by atoms with E-state index in [9.17, 15) is 9.59 Å². The zero-order valence-electron chi connectivity index (χ0n) is 17.7. The molecule has 4 aromatic rings. The van der Waals surface area contributed by atoms with Crippen molar-refractivity contribution >= 4 is 39.4 Å². The van der Waals surface area contributed by atoms with Gasteiger partial charge in [0.15, 0.2) is 5.76 Å². The van der Waals surface area contributed by atoms with Crippen molar-refractivity contribution in [3.63, 3.8) is 0 Å². The first-order valence-corrected chi connectivity index (χ1v) is 10.5. The highest BCUT2D eigenvalue weighted by molar-refractivity contribution is 6.07. The fraction of sp³-hybridized carbons (Fsp3) is 0.250. The molecule has 2 aromatic carbocycles. The molecular weight excluding hydrogens is 410 g/mol. The molecule has 2 amide bonds. The van der Waals surface area contributed by atoms with Gasteiger partial charge in [-0.1, -0.05) is 18.2 Å². The molecular formula is C24H23N3O5. The van der Waals surface area contributed by atoms with Gasteiger partial charge in [-0.3, -0.25) is 14.5 Å². The van der Waals surface area contributed by atoms with Crippen LogP contribution in [0.25, 0.3) is 21.9 Å². The predicted octanol–water partition coefficient (Wildman–Crippen LogP) is 3.58. The van der Waals surface area contributed by atoms with Crippen LogP contribution in [0, 0.1) is 0 Å². The highest BCUT2D eigenvalue weighted by atomic mass is 16.5. The zero-order chi connectivity index (χ0) is 22.1. The smallest absolute Gasteiger partial charge is 0.289 e. The van der Waals surface area contributed by atoms with Gasteiger partial charge in [-0.15, -0.1) is 0 Å². The highest BCUT2D eigenvalue weighted by Crippen LogP contribution is 2.36. The van der Waals surface area contributed by atoms with Gasteiger partial charge in [0, 0.05) is 43.0 Å². The second-order valence-electron chi connectivity index (χ2n) is 7.74. The number of hydrogen-bond acceptors (Lipinski definition) is 6. The standard InChI is InChI=1S/C24H23N3O5/c1-30-22-13-17-16-5-2-3-6-19(16)32-21(17)14-18(22)25-23(28)15-26-8-10-27(11-9-26)24(29)20-7-4-12-31-20/h2-7,12-14H,8-11,15H2,1H3,(H,25,28). The van der Waals surface area contributed by atoms with E-state index in [-0.39, 0.29) is 18.4 Å². The fourth-order valence-corrected chi connectivity index (χ4v) is 4.08. The first-order chi connectivity index (χ1) is 15.6. The van der Waals surface area contributed by atoms with Crippen LogP contribution in [0.1, 0.15) is 10.6 Å². The van der Waals surface area contributed by atoms with E-state index >= 15 is 0 Å². The molecule has 0 bridgehead atoms. The Balaban J connectivity index is 1.24. The monoisotopic (exact) mass is 433 g/mol. The van der Waals surface area contributed by atoms with Crippen molar-refractivity contribution in [2.75, 3.05) is 45.2 Å². The van der Waals surface area contributed by atoms with Crippen molar-refractivity contribution in [1.82, 2.24) is 9.80 Å². The summed E-state index contributed by atoms with van der Waals surface area (Å²) in [6, 6.07) is 14.8.